The van der Waals surface area contributed by atoms with Crippen molar-refractivity contribution < 1.29 is 14.6 Å². The molecule has 1 fully saturated rings. The van der Waals surface area contributed by atoms with Gasteiger partial charge in [0.05, 0.1) is 26.2 Å². The second-order valence-electron chi connectivity index (χ2n) is 3.96. The molecule has 6 heteroatoms. The Kier molecular flexibility index (Phi) is 4.00. The fourth-order valence-electron chi connectivity index (χ4n) is 1.88. The summed E-state index contributed by atoms with van der Waals surface area (Å²) in [4.78, 5) is 21.1. The molecular formula is C11H15N3O3. The molecule has 17 heavy (non-hydrogen) atoms. The molecule has 2 rings (SSSR count). The third-order valence-electron chi connectivity index (χ3n) is 2.72. The number of morpholine rings is 1. The molecule has 92 valence electrons. The van der Waals surface area contributed by atoms with Crippen molar-refractivity contribution >= 4 is 5.97 Å². The molecule has 0 spiro atoms. The molecule has 0 amide bonds. The van der Waals surface area contributed by atoms with Crippen molar-refractivity contribution in [2.24, 2.45) is 0 Å². The van der Waals surface area contributed by atoms with Crippen molar-refractivity contribution in [2.75, 3.05) is 19.8 Å². The predicted octanol–water partition coefficient (Wildman–Crippen LogP) is 0.152. The van der Waals surface area contributed by atoms with E-state index in [1.165, 1.54) is 0 Å². The van der Waals surface area contributed by atoms with E-state index in [0.29, 0.717) is 25.6 Å². The first-order valence-electron chi connectivity index (χ1n) is 5.55. The van der Waals surface area contributed by atoms with E-state index in [4.69, 9.17) is 9.84 Å². The number of aromatic nitrogens is 2. The van der Waals surface area contributed by atoms with Crippen molar-refractivity contribution in [3.63, 3.8) is 0 Å². The average molecular weight is 237 g/mol. The van der Waals surface area contributed by atoms with Crippen LogP contribution in [0.2, 0.25) is 0 Å². The zero-order chi connectivity index (χ0) is 12.1. The maximum atomic E-state index is 10.8. The maximum Gasteiger partial charge on any atom is 0.305 e. The van der Waals surface area contributed by atoms with Crippen LogP contribution in [-0.4, -0.2) is 51.7 Å². The number of carboxylic acids is 1. The molecule has 2 heterocycles. The summed E-state index contributed by atoms with van der Waals surface area (Å²) in [6.07, 6.45) is 3.47. The van der Waals surface area contributed by atoms with Gasteiger partial charge in [-0.1, -0.05) is 0 Å². The number of nitrogens with zero attached hydrogens (tertiary/aromatic N) is 3. The summed E-state index contributed by atoms with van der Waals surface area (Å²) < 4.78 is 5.31. The Bertz CT molecular complexity index is 371. The number of carboxylic acid groups (broad SMARTS) is 1. The average Bonchev–Trinajstić information content (AvgIpc) is 2.32. The van der Waals surface area contributed by atoms with E-state index in [2.05, 4.69) is 14.9 Å². The predicted molar refractivity (Wildman–Crippen MR) is 59.3 cm³/mol. The Balaban J connectivity index is 1.99. The summed E-state index contributed by atoms with van der Waals surface area (Å²) in [6.45, 7) is 2.38. The number of hydrogen-bond donors (Lipinski definition) is 1. The van der Waals surface area contributed by atoms with Gasteiger partial charge in [0, 0.05) is 25.0 Å². The van der Waals surface area contributed by atoms with Crippen LogP contribution in [0.5, 0.6) is 0 Å². The van der Waals surface area contributed by atoms with Gasteiger partial charge >= 0.3 is 5.97 Å². The molecule has 1 aliphatic heterocycles. The first-order chi connectivity index (χ1) is 8.25. The number of carbonyl (C=O) groups is 1. The van der Waals surface area contributed by atoms with Gasteiger partial charge in [-0.15, -0.1) is 0 Å². The van der Waals surface area contributed by atoms with Gasteiger partial charge in [0.25, 0.3) is 0 Å². The molecule has 0 aliphatic carbocycles. The standard InChI is InChI=1S/C11H15N3O3/c15-11(16)6-9-8-17-5-4-14(9)7-10-12-2-1-3-13-10/h1-3,9H,4-8H2,(H,15,16). The molecule has 1 aliphatic rings. The highest BCUT2D eigenvalue weighted by Gasteiger charge is 2.25. The van der Waals surface area contributed by atoms with Crippen LogP contribution in [0, 0.1) is 0 Å². The first kappa shape index (κ1) is 11.9. The van der Waals surface area contributed by atoms with Crippen LogP contribution in [0.3, 0.4) is 0 Å². The minimum absolute atomic E-state index is 0.0901. The summed E-state index contributed by atoms with van der Waals surface area (Å²) in [5.41, 5.74) is 0. The molecule has 1 atom stereocenters. The normalized spacial score (nSPS) is 21.3. The molecule has 0 aromatic carbocycles. The van der Waals surface area contributed by atoms with Crippen LogP contribution in [-0.2, 0) is 16.1 Å². The van der Waals surface area contributed by atoms with Crippen LogP contribution >= 0.6 is 0 Å². The van der Waals surface area contributed by atoms with Crippen molar-refractivity contribution in [3.05, 3.63) is 24.3 Å². The molecule has 0 radical (unpaired) electrons. The van der Waals surface area contributed by atoms with Gasteiger partial charge in [-0.05, 0) is 6.07 Å². The summed E-state index contributed by atoms with van der Waals surface area (Å²) in [7, 11) is 0. The van der Waals surface area contributed by atoms with Crippen LogP contribution in [0.4, 0.5) is 0 Å². The number of ether oxygens (including phenoxy) is 1. The van der Waals surface area contributed by atoms with Gasteiger partial charge in [0.15, 0.2) is 0 Å². The fourth-order valence-corrected chi connectivity index (χ4v) is 1.88. The van der Waals surface area contributed by atoms with E-state index >= 15 is 0 Å². The molecule has 1 unspecified atom stereocenters. The van der Waals surface area contributed by atoms with Gasteiger partial charge in [-0.2, -0.15) is 0 Å². The Labute approximate surface area is 99.2 Å². The third-order valence-corrected chi connectivity index (χ3v) is 2.72. The molecule has 1 aromatic rings. The molecule has 0 bridgehead atoms. The SMILES string of the molecule is O=C(O)CC1COCCN1Cc1ncccn1. The van der Waals surface area contributed by atoms with Crippen LogP contribution in [0.25, 0.3) is 0 Å². The van der Waals surface area contributed by atoms with Crippen molar-refractivity contribution in [2.45, 2.75) is 19.0 Å². The van der Waals surface area contributed by atoms with E-state index in [9.17, 15) is 4.79 Å². The molecule has 6 nitrogen and oxygen atoms in total. The fraction of sp³-hybridized carbons (Fsp3) is 0.545. The molecular weight excluding hydrogens is 222 g/mol. The summed E-state index contributed by atoms with van der Waals surface area (Å²) in [6, 6.07) is 1.67. The smallest absolute Gasteiger partial charge is 0.305 e. The lowest BCUT2D eigenvalue weighted by Crippen LogP contribution is -2.46. The maximum absolute atomic E-state index is 10.8. The van der Waals surface area contributed by atoms with Crippen molar-refractivity contribution in [1.82, 2.24) is 14.9 Å². The van der Waals surface area contributed by atoms with Gasteiger partial charge < -0.3 is 9.84 Å². The van der Waals surface area contributed by atoms with Gasteiger partial charge in [0.2, 0.25) is 0 Å². The Hall–Kier alpha value is -1.53. The Morgan fingerprint density at radius 1 is 1.53 bits per heavy atom. The van der Waals surface area contributed by atoms with E-state index in [1.54, 1.807) is 18.5 Å². The highest BCUT2D eigenvalue weighted by molar-refractivity contribution is 5.67. The summed E-state index contributed by atoms with van der Waals surface area (Å²) >= 11 is 0. The second kappa shape index (κ2) is 5.70. The summed E-state index contributed by atoms with van der Waals surface area (Å²) in [5, 5.41) is 8.84. The molecule has 1 N–H and O–H groups in total. The quantitative estimate of drug-likeness (QED) is 0.803. The van der Waals surface area contributed by atoms with Gasteiger partial charge in [-0.25, -0.2) is 9.97 Å². The number of hydrogen-bond acceptors (Lipinski definition) is 5. The minimum Gasteiger partial charge on any atom is -0.481 e. The Morgan fingerprint density at radius 2 is 2.29 bits per heavy atom. The van der Waals surface area contributed by atoms with Crippen LogP contribution in [0.15, 0.2) is 18.5 Å². The van der Waals surface area contributed by atoms with Crippen molar-refractivity contribution in [3.8, 4) is 0 Å². The van der Waals surface area contributed by atoms with E-state index in [0.717, 1.165) is 6.54 Å². The van der Waals surface area contributed by atoms with E-state index in [1.807, 2.05) is 0 Å². The van der Waals surface area contributed by atoms with Gasteiger partial charge in [0.1, 0.15) is 5.82 Å². The largest absolute Gasteiger partial charge is 0.481 e. The molecule has 1 aromatic heterocycles. The lowest BCUT2D eigenvalue weighted by Gasteiger charge is -2.34. The zero-order valence-electron chi connectivity index (χ0n) is 9.45. The number of rotatable bonds is 4. The zero-order valence-corrected chi connectivity index (χ0v) is 9.45. The van der Waals surface area contributed by atoms with Crippen LogP contribution < -0.4 is 0 Å². The lowest BCUT2D eigenvalue weighted by atomic mass is 10.1. The minimum atomic E-state index is -0.806. The highest BCUT2D eigenvalue weighted by Crippen LogP contribution is 2.12. The molecule has 1 saturated heterocycles. The third kappa shape index (κ3) is 3.47. The number of aliphatic carboxylic acids is 1. The Morgan fingerprint density at radius 3 is 3.00 bits per heavy atom. The second-order valence-corrected chi connectivity index (χ2v) is 3.96. The van der Waals surface area contributed by atoms with Gasteiger partial charge in [-0.3, -0.25) is 9.69 Å². The highest BCUT2D eigenvalue weighted by atomic mass is 16.5. The lowest BCUT2D eigenvalue weighted by molar-refractivity contribution is -0.140. The van der Waals surface area contributed by atoms with Crippen molar-refractivity contribution in [1.29, 1.82) is 0 Å². The van der Waals surface area contributed by atoms with E-state index < -0.39 is 5.97 Å². The molecule has 0 saturated carbocycles. The summed E-state index contributed by atoms with van der Waals surface area (Å²) in [5.74, 6) is -0.0933. The first-order valence-corrected chi connectivity index (χ1v) is 5.55. The van der Waals surface area contributed by atoms with E-state index in [-0.39, 0.29) is 12.5 Å². The monoisotopic (exact) mass is 237 g/mol. The van der Waals surface area contributed by atoms with Crippen LogP contribution in [0.1, 0.15) is 12.2 Å². The topological polar surface area (TPSA) is 75.6 Å².